The molecule has 1 aliphatic heterocycles. The predicted octanol–water partition coefficient (Wildman–Crippen LogP) is 2.74. The molecule has 0 bridgehead atoms. The first-order chi connectivity index (χ1) is 9.19. The number of methoxy groups -OCH3 is 1. The van der Waals surface area contributed by atoms with Gasteiger partial charge in [-0.15, -0.1) is 22.7 Å². The van der Waals surface area contributed by atoms with E-state index in [1.54, 1.807) is 0 Å². The van der Waals surface area contributed by atoms with Crippen LogP contribution in [0.2, 0.25) is 0 Å². The first-order valence-corrected chi connectivity index (χ1v) is 7.66. The zero-order valence-corrected chi connectivity index (χ0v) is 12.1. The first kappa shape index (κ1) is 12.5. The Morgan fingerprint density at radius 3 is 3.16 bits per heavy atom. The molecule has 2 N–H and O–H groups in total. The number of carbonyl (C=O) groups is 1. The number of carbonyl (C=O) groups excluding carboxylic acids is 1. The quantitative estimate of drug-likeness (QED) is 0.865. The Labute approximate surface area is 119 Å². The van der Waals surface area contributed by atoms with Crippen molar-refractivity contribution in [3.05, 3.63) is 32.8 Å². The fourth-order valence-electron chi connectivity index (χ4n) is 2.24. The zero-order valence-electron chi connectivity index (χ0n) is 10.5. The average molecular weight is 294 g/mol. The summed E-state index contributed by atoms with van der Waals surface area (Å²) in [5.41, 5.74) is 7.76. The van der Waals surface area contributed by atoms with Gasteiger partial charge < -0.3 is 15.4 Å². The molecular weight excluding hydrogens is 280 g/mol. The molecule has 1 aliphatic rings. The minimum atomic E-state index is -0.359. The summed E-state index contributed by atoms with van der Waals surface area (Å²) >= 11 is 3.22. The monoisotopic (exact) mass is 294 g/mol. The van der Waals surface area contributed by atoms with Gasteiger partial charge in [-0.2, -0.15) is 0 Å². The summed E-state index contributed by atoms with van der Waals surface area (Å²) in [4.78, 5) is 15.8. The van der Waals surface area contributed by atoms with Crippen molar-refractivity contribution in [3.63, 3.8) is 0 Å². The Bertz CT molecular complexity index is 618. The summed E-state index contributed by atoms with van der Waals surface area (Å²) in [5, 5.41) is 3.17. The second kappa shape index (κ2) is 4.86. The number of nitrogen functional groups attached to an aromatic ring is 1. The molecule has 0 aromatic carbocycles. The lowest BCUT2D eigenvalue weighted by Gasteiger charge is -2.27. The molecule has 0 unspecified atom stereocenters. The third-order valence-corrected chi connectivity index (χ3v) is 5.45. The molecule has 0 spiro atoms. The largest absolute Gasteiger partial charge is 0.465 e. The smallest absolute Gasteiger partial charge is 0.350 e. The molecule has 0 saturated carbocycles. The van der Waals surface area contributed by atoms with Crippen molar-refractivity contribution in [1.82, 2.24) is 0 Å². The number of rotatable bonds is 2. The van der Waals surface area contributed by atoms with Crippen LogP contribution in [0.4, 0.5) is 10.7 Å². The predicted molar refractivity (Wildman–Crippen MR) is 79.1 cm³/mol. The average Bonchev–Trinajstić information content (AvgIpc) is 3.03. The molecular formula is C13H14N2O2S2. The standard InChI is InChI=1S/C13H14N2O2S2/c1-17-13(16)12-9(14)6-11(19-12)15-4-2-10-8(7-15)3-5-18-10/h3,5-6H,2,4,7,14H2,1H3. The maximum absolute atomic E-state index is 11.6. The van der Waals surface area contributed by atoms with E-state index in [9.17, 15) is 4.79 Å². The normalized spacial score (nSPS) is 14.3. The molecule has 0 atom stereocenters. The molecule has 0 amide bonds. The summed E-state index contributed by atoms with van der Waals surface area (Å²) < 4.78 is 4.74. The Kier molecular flexibility index (Phi) is 3.20. The van der Waals surface area contributed by atoms with E-state index >= 15 is 0 Å². The third kappa shape index (κ3) is 2.21. The Hall–Kier alpha value is -1.53. The van der Waals surface area contributed by atoms with Crippen LogP contribution in [0, 0.1) is 0 Å². The minimum absolute atomic E-state index is 0.359. The summed E-state index contributed by atoms with van der Waals surface area (Å²) in [7, 11) is 1.37. The third-order valence-electron chi connectivity index (χ3n) is 3.24. The SMILES string of the molecule is COC(=O)c1sc(N2CCc3sccc3C2)cc1N. The van der Waals surface area contributed by atoms with Gasteiger partial charge in [0.1, 0.15) is 4.88 Å². The van der Waals surface area contributed by atoms with Crippen molar-refractivity contribution >= 4 is 39.3 Å². The van der Waals surface area contributed by atoms with Gasteiger partial charge in [0, 0.05) is 18.0 Å². The number of thiophene rings is 2. The Morgan fingerprint density at radius 2 is 2.37 bits per heavy atom. The topological polar surface area (TPSA) is 55.6 Å². The molecule has 100 valence electrons. The lowest BCUT2D eigenvalue weighted by molar-refractivity contribution is 0.0607. The van der Waals surface area contributed by atoms with E-state index in [0.717, 1.165) is 24.5 Å². The lowest BCUT2D eigenvalue weighted by Crippen LogP contribution is -2.28. The van der Waals surface area contributed by atoms with E-state index in [1.807, 2.05) is 17.4 Å². The van der Waals surface area contributed by atoms with Crippen molar-refractivity contribution in [1.29, 1.82) is 0 Å². The van der Waals surface area contributed by atoms with Crippen LogP contribution in [0.5, 0.6) is 0 Å². The maximum atomic E-state index is 11.6. The summed E-state index contributed by atoms with van der Waals surface area (Å²) in [6.45, 7) is 1.85. The molecule has 0 aliphatic carbocycles. The lowest BCUT2D eigenvalue weighted by atomic mass is 10.1. The van der Waals surface area contributed by atoms with Crippen LogP contribution in [0.15, 0.2) is 17.5 Å². The van der Waals surface area contributed by atoms with Crippen LogP contribution < -0.4 is 10.6 Å². The van der Waals surface area contributed by atoms with E-state index in [1.165, 1.54) is 28.9 Å². The van der Waals surface area contributed by atoms with Crippen LogP contribution in [-0.4, -0.2) is 19.6 Å². The zero-order chi connectivity index (χ0) is 13.4. The van der Waals surface area contributed by atoms with E-state index < -0.39 is 0 Å². The van der Waals surface area contributed by atoms with Gasteiger partial charge in [0.05, 0.1) is 17.8 Å². The van der Waals surface area contributed by atoms with Gasteiger partial charge in [0.25, 0.3) is 0 Å². The minimum Gasteiger partial charge on any atom is -0.465 e. The summed E-state index contributed by atoms with van der Waals surface area (Å²) in [5.74, 6) is -0.359. The molecule has 2 aromatic rings. The second-order valence-electron chi connectivity index (χ2n) is 4.40. The van der Waals surface area contributed by atoms with Gasteiger partial charge >= 0.3 is 5.97 Å². The van der Waals surface area contributed by atoms with E-state index in [-0.39, 0.29) is 5.97 Å². The molecule has 2 aromatic heterocycles. The maximum Gasteiger partial charge on any atom is 0.350 e. The summed E-state index contributed by atoms with van der Waals surface area (Å²) in [6, 6.07) is 4.04. The fourth-order valence-corrected chi connectivity index (χ4v) is 4.15. The number of hydrogen-bond donors (Lipinski definition) is 1. The highest BCUT2D eigenvalue weighted by Crippen LogP contribution is 2.36. The molecule has 3 heterocycles. The highest BCUT2D eigenvalue weighted by atomic mass is 32.1. The van der Waals surface area contributed by atoms with E-state index in [0.29, 0.717) is 10.6 Å². The molecule has 6 heteroatoms. The Balaban J connectivity index is 1.86. The molecule has 3 rings (SSSR count). The van der Waals surface area contributed by atoms with Gasteiger partial charge in [-0.3, -0.25) is 0 Å². The second-order valence-corrected chi connectivity index (χ2v) is 6.43. The molecule has 4 nitrogen and oxygen atoms in total. The van der Waals surface area contributed by atoms with Crippen molar-refractivity contribution in [2.45, 2.75) is 13.0 Å². The first-order valence-electron chi connectivity index (χ1n) is 5.97. The molecule has 19 heavy (non-hydrogen) atoms. The number of esters is 1. The highest BCUT2D eigenvalue weighted by molar-refractivity contribution is 7.18. The van der Waals surface area contributed by atoms with Gasteiger partial charge in [0.15, 0.2) is 0 Å². The van der Waals surface area contributed by atoms with Crippen molar-refractivity contribution < 1.29 is 9.53 Å². The van der Waals surface area contributed by atoms with Gasteiger partial charge in [0.2, 0.25) is 0 Å². The van der Waals surface area contributed by atoms with Crippen LogP contribution in [0.1, 0.15) is 20.1 Å². The number of anilines is 2. The van der Waals surface area contributed by atoms with Gasteiger partial charge in [-0.1, -0.05) is 0 Å². The van der Waals surface area contributed by atoms with Crippen molar-refractivity contribution in [2.75, 3.05) is 24.3 Å². The van der Waals surface area contributed by atoms with Crippen LogP contribution >= 0.6 is 22.7 Å². The van der Waals surface area contributed by atoms with Crippen molar-refractivity contribution in [3.8, 4) is 0 Å². The van der Waals surface area contributed by atoms with Gasteiger partial charge in [-0.25, -0.2) is 4.79 Å². The number of fused-ring (bicyclic) bond motifs is 1. The fraction of sp³-hybridized carbons (Fsp3) is 0.308. The molecule has 0 saturated heterocycles. The molecule has 0 fully saturated rings. The van der Waals surface area contributed by atoms with E-state index in [4.69, 9.17) is 10.5 Å². The molecule has 0 radical (unpaired) electrons. The van der Waals surface area contributed by atoms with Crippen LogP contribution in [0.25, 0.3) is 0 Å². The number of nitrogens with two attached hydrogens (primary N) is 1. The van der Waals surface area contributed by atoms with Crippen LogP contribution in [0.3, 0.4) is 0 Å². The van der Waals surface area contributed by atoms with Crippen molar-refractivity contribution in [2.24, 2.45) is 0 Å². The summed E-state index contributed by atoms with van der Waals surface area (Å²) in [6.07, 6.45) is 1.05. The Morgan fingerprint density at radius 1 is 1.53 bits per heavy atom. The number of ether oxygens (including phenoxy) is 1. The van der Waals surface area contributed by atoms with Crippen LogP contribution in [-0.2, 0) is 17.7 Å². The highest BCUT2D eigenvalue weighted by Gasteiger charge is 2.22. The number of hydrogen-bond acceptors (Lipinski definition) is 6. The van der Waals surface area contributed by atoms with Gasteiger partial charge in [-0.05, 0) is 29.5 Å². The number of nitrogens with zero attached hydrogens (tertiary/aromatic N) is 1. The van der Waals surface area contributed by atoms with E-state index in [2.05, 4.69) is 16.3 Å².